The van der Waals surface area contributed by atoms with Gasteiger partial charge in [-0.2, -0.15) is 10.5 Å². The number of hydrogen-bond acceptors (Lipinski definition) is 3. The van der Waals surface area contributed by atoms with Crippen molar-refractivity contribution in [2.75, 3.05) is 5.32 Å². The first-order valence-electron chi connectivity index (χ1n) is 3.89. The Bertz CT molecular complexity index is 464. The van der Waals surface area contributed by atoms with Crippen LogP contribution in [0.4, 0.5) is 5.69 Å². The highest BCUT2D eigenvalue weighted by Crippen LogP contribution is 2.25. The summed E-state index contributed by atoms with van der Waals surface area (Å²) >= 11 is 11.6. The Morgan fingerprint density at radius 3 is 2.47 bits per heavy atom. The molecule has 0 bridgehead atoms. The van der Waals surface area contributed by atoms with Crippen molar-refractivity contribution in [2.45, 2.75) is 0 Å². The maximum absolute atomic E-state index is 8.48. The van der Waals surface area contributed by atoms with Gasteiger partial charge in [0.25, 0.3) is 0 Å². The molecule has 0 atom stereocenters. The van der Waals surface area contributed by atoms with Crippen molar-refractivity contribution in [1.29, 1.82) is 10.5 Å². The van der Waals surface area contributed by atoms with Gasteiger partial charge in [0, 0.05) is 11.2 Å². The van der Waals surface area contributed by atoms with Gasteiger partial charge in [-0.15, -0.1) is 0 Å². The maximum atomic E-state index is 8.48. The third-order valence-corrected chi connectivity index (χ3v) is 2.09. The second kappa shape index (κ2) is 5.26. The molecule has 0 aliphatic rings. The van der Waals surface area contributed by atoms with E-state index in [4.69, 9.17) is 33.7 Å². The van der Waals surface area contributed by atoms with Gasteiger partial charge in [-0.05, 0) is 18.2 Å². The summed E-state index contributed by atoms with van der Waals surface area (Å²) in [5.41, 5.74) is 0.560. The molecule has 0 aromatic heterocycles. The Morgan fingerprint density at radius 1 is 1.27 bits per heavy atom. The number of rotatable bonds is 2. The lowest BCUT2D eigenvalue weighted by molar-refractivity contribution is 1.44. The van der Waals surface area contributed by atoms with Crippen LogP contribution in [-0.4, -0.2) is 0 Å². The Hall–Kier alpha value is -1.68. The van der Waals surface area contributed by atoms with Gasteiger partial charge >= 0.3 is 0 Å². The highest BCUT2D eigenvalue weighted by molar-refractivity contribution is 6.36. The van der Waals surface area contributed by atoms with Crippen molar-refractivity contribution in [1.82, 2.24) is 0 Å². The molecule has 0 fully saturated rings. The van der Waals surface area contributed by atoms with Crippen molar-refractivity contribution in [3.63, 3.8) is 0 Å². The minimum Gasteiger partial charge on any atom is -0.359 e. The van der Waals surface area contributed by atoms with E-state index < -0.39 is 0 Å². The van der Waals surface area contributed by atoms with Gasteiger partial charge in [-0.25, -0.2) is 0 Å². The van der Waals surface area contributed by atoms with E-state index in [2.05, 4.69) is 5.32 Å². The van der Waals surface area contributed by atoms with E-state index in [1.807, 2.05) is 0 Å². The highest BCUT2D eigenvalue weighted by Gasteiger charge is 1.99. The number of halogens is 2. The molecule has 0 amide bonds. The van der Waals surface area contributed by atoms with Crippen LogP contribution in [0.2, 0.25) is 10.0 Å². The molecule has 0 radical (unpaired) electrons. The number of hydrogen-bond donors (Lipinski definition) is 1. The summed E-state index contributed by atoms with van der Waals surface area (Å²) in [4.78, 5) is 0. The average Bonchev–Trinajstić information content (AvgIpc) is 2.22. The highest BCUT2D eigenvalue weighted by atomic mass is 35.5. The van der Waals surface area contributed by atoms with Crippen LogP contribution in [0.1, 0.15) is 0 Å². The largest absolute Gasteiger partial charge is 0.359 e. The van der Waals surface area contributed by atoms with Crippen LogP contribution >= 0.6 is 23.2 Å². The van der Waals surface area contributed by atoms with E-state index in [9.17, 15) is 0 Å². The number of nitrogens with one attached hydrogen (secondary N) is 1. The third-order valence-electron chi connectivity index (χ3n) is 1.54. The number of benzene rings is 1. The minimum atomic E-state index is -0.0268. The maximum Gasteiger partial charge on any atom is 0.145 e. The molecule has 1 aromatic rings. The molecule has 0 unspecified atom stereocenters. The first kappa shape index (κ1) is 11.4. The lowest BCUT2D eigenvalue weighted by Gasteiger charge is -2.03. The molecule has 0 aliphatic heterocycles. The molecule has 74 valence electrons. The second-order valence-electron chi connectivity index (χ2n) is 2.55. The molecule has 3 nitrogen and oxygen atoms in total. The summed E-state index contributed by atoms with van der Waals surface area (Å²) in [7, 11) is 0. The first-order chi connectivity index (χ1) is 7.17. The van der Waals surface area contributed by atoms with Gasteiger partial charge < -0.3 is 5.32 Å². The fourth-order valence-corrected chi connectivity index (χ4v) is 1.31. The van der Waals surface area contributed by atoms with Crippen LogP contribution < -0.4 is 5.32 Å². The standard InChI is InChI=1S/C10H5Cl2N3/c11-8-1-2-10(9(12)3-8)15-6-7(4-13)5-14/h1-3,6,15H. The fourth-order valence-electron chi connectivity index (χ4n) is 0.846. The van der Waals surface area contributed by atoms with Gasteiger partial charge in [-0.3, -0.25) is 0 Å². The van der Waals surface area contributed by atoms with Crippen LogP contribution in [0.3, 0.4) is 0 Å². The van der Waals surface area contributed by atoms with Crippen LogP contribution in [0.25, 0.3) is 0 Å². The van der Waals surface area contributed by atoms with Gasteiger partial charge in [0.05, 0.1) is 10.7 Å². The van der Waals surface area contributed by atoms with Crippen LogP contribution in [0.15, 0.2) is 30.0 Å². The second-order valence-corrected chi connectivity index (χ2v) is 3.39. The lowest BCUT2D eigenvalue weighted by Crippen LogP contribution is -1.90. The van der Waals surface area contributed by atoms with Gasteiger partial charge in [0.15, 0.2) is 0 Å². The topological polar surface area (TPSA) is 59.6 Å². The zero-order chi connectivity index (χ0) is 11.3. The van der Waals surface area contributed by atoms with Crippen LogP contribution in [0.5, 0.6) is 0 Å². The van der Waals surface area contributed by atoms with Crippen molar-refractivity contribution < 1.29 is 0 Å². The van der Waals surface area contributed by atoms with Crippen molar-refractivity contribution in [2.24, 2.45) is 0 Å². The molecule has 15 heavy (non-hydrogen) atoms. The molecule has 0 heterocycles. The Labute approximate surface area is 97.1 Å². The fraction of sp³-hybridized carbons (Fsp3) is 0. The summed E-state index contributed by atoms with van der Waals surface area (Å²) in [5.74, 6) is 0. The quantitative estimate of drug-likeness (QED) is 0.803. The Balaban J connectivity index is 2.89. The van der Waals surface area contributed by atoms with E-state index in [1.165, 1.54) is 6.20 Å². The van der Waals surface area contributed by atoms with Crippen molar-refractivity contribution in [3.05, 3.63) is 40.0 Å². The summed E-state index contributed by atoms with van der Waals surface area (Å²) in [6, 6.07) is 8.32. The van der Waals surface area contributed by atoms with Gasteiger partial charge in [0.2, 0.25) is 0 Å². The average molecular weight is 238 g/mol. The van der Waals surface area contributed by atoms with Crippen molar-refractivity contribution in [3.8, 4) is 12.1 Å². The Morgan fingerprint density at radius 2 is 1.93 bits per heavy atom. The summed E-state index contributed by atoms with van der Waals surface area (Å²) in [6.45, 7) is 0. The predicted octanol–water partition coefficient (Wildman–Crippen LogP) is 3.34. The first-order valence-corrected chi connectivity index (χ1v) is 4.65. The van der Waals surface area contributed by atoms with Crippen LogP contribution in [-0.2, 0) is 0 Å². The lowest BCUT2D eigenvalue weighted by atomic mass is 10.3. The summed E-state index contributed by atoms with van der Waals surface area (Å²) in [5, 5.41) is 20.7. The van der Waals surface area contributed by atoms with E-state index in [-0.39, 0.29) is 5.57 Å². The van der Waals surface area contributed by atoms with E-state index >= 15 is 0 Å². The SMILES string of the molecule is N#CC(C#N)=CNc1ccc(Cl)cc1Cl. The van der Waals surface area contributed by atoms with Crippen LogP contribution in [0, 0.1) is 22.7 Å². The molecule has 0 spiro atoms. The molecular weight excluding hydrogens is 233 g/mol. The number of nitriles is 2. The van der Waals surface area contributed by atoms with E-state index in [1.54, 1.807) is 30.3 Å². The molecule has 0 saturated heterocycles. The van der Waals surface area contributed by atoms with Crippen molar-refractivity contribution >= 4 is 28.9 Å². The number of nitrogens with zero attached hydrogens (tertiary/aromatic N) is 2. The zero-order valence-corrected chi connectivity index (χ0v) is 8.97. The Kier molecular flexibility index (Phi) is 4.00. The minimum absolute atomic E-state index is 0.0268. The van der Waals surface area contributed by atoms with E-state index in [0.717, 1.165) is 0 Å². The zero-order valence-electron chi connectivity index (χ0n) is 7.46. The summed E-state index contributed by atoms with van der Waals surface area (Å²) in [6.07, 6.45) is 1.29. The smallest absolute Gasteiger partial charge is 0.145 e. The van der Waals surface area contributed by atoms with Gasteiger partial charge in [0.1, 0.15) is 17.7 Å². The molecule has 1 aromatic carbocycles. The number of allylic oxidation sites excluding steroid dienone is 1. The predicted molar refractivity (Wildman–Crippen MR) is 59.4 cm³/mol. The molecule has 0 saturated carbocycles. The van der Waals surface area contributed by atoms with Gasteiger partial charge in [-0.1, -0.05) is 23.2 Å². The summed E-state index contributed by atoms with van der Waals surface area (Å²) < 4.78 is 0. The molecule has 1 N–H and O–H groups in total. The van der Waals surface area contributed by atoms with E-state index in [0.29, 0.717) is 15.7 Å². The molecular formula is C10H5Cl2N3. The number of anilines is 1. The molecule has 0 aliphatic carbocycles. The molecule has 5 heteroatoms. The normalized spacial score (nSPS) is 8.53. The monoisotopic (exact) mass is 237 g/mol. The third kappa shape index (κ3) is 3.18. The molecule has 1 rings (SSSR count).